The SMILES string of the molecule is O=[N+]([O-])c1cc(C(O)P(=O)(O)O)ccc1O. The molecule has 0 amide bonds. The van der Waals surface area contributed by atoms with E-state index >= 15 is 0 Å². The van der Waals surface area contributed by atoms with E-state index < -0.39 is 29.8 Å². The molecule has 0 saturated carbocycles. The summed E-state index contributed by atoms with van der Waals surface area (Å²) in [7, 11) is -4.79. The van der Waals surface area contributed by atoms with Gasteiger partial charge in [-0.1, -0.05) is 6.07 Å². The Kier molecular flexibility index (Phi) is 3.30. The lowest BCUT2D eigenvalue weighted by atomic mass is 10.2. The fourth-order valence-electron chi connectivity index (χ4n) is 1.04. The van der Waals surface area contributed by atoms with Crippen molar-refractivity contribution in [1.29, 1.82) is 0 Å². The number of phenolic OH excluding ortho intramolecular Hbond substituents is 1. The first-order chi connectivity index (χ1) is 7.23. The second kappa shape index (κ2) is 4.18. The van der Waals surface area contributed by atoms with E-state index in [1.165, 1.54) is 0 Å². The van der Waals surface area contributed by atoms with Crippen LogP contribution in [-0.4, -0.2) is 24.9 Å². The topological polar surface area (TPSA) is 141 Å². The molecule has 1 aromatic rings. The van der Waals surface area contributed by atoms with Crippen molar-refractivity contribution in [2.45, 2.75) is 5.85 Å². The van der Waals surface area contributed by atoms with Crippen LogP contribution in [0, 0.1) is 10.1 Å². The zero-order chi connectivity index (χ0) is 12.5. The fraction of sp³-hybridized carbons (Fsp3) is 0.143. The van der Waals surface area contributed by atoms with Gasteiger partial charge in [0.15, 0.2) is 11.6 Å². The molecule has 0 aromatic heterocycles. The normalized spacial score (nSPS) is 13.4. The van der Waals surface area contributed by atoms with Crippen molar-refractivity contribution >= 4 is 13.3 Å². The van der Waals surface area contributed by atoms with Crippen LogP contribution >= 0.6 is 7.60 Å². The summed E-state index contributed by atoms with van der Waals surface area (Å²) in [6.07, 6.45) is 0. The molecule has 16 heavy (non-hydrogen) atoms. The molecule has 0 radical (unpaired) electrons. The third-order valence-corrected chi connectivity index (χ3v) is 2.75. The van der Waals surface area contributed by atoms with Crippen LogP contribution in [0.5, 0.6) is 5.75 Å². The number of nitrogens with zero attached hydrogens (tertiary/aromatic N) is 1. The minimum Gasteiger partial charge on any atom is -0.502 e. The fourth-order valence-corrected chi connectivity index (χ4v) is 1.59. The lowest BCUT2D eigenvalue weighted by molar-refractivity contribution is -0.386. The Morgan fingerprint density at radius 1 is 1.38 bits per heavy atom. The van der Waals surface area contributed by atoms with Crippen LogP contribution in [-0.2, 0) is 4.57 Å². The molecule has 1 rings (SSSR count). The zero-order valence-electron chi connectivity index (χ0n) is 7.72. The van der Waals surface area contributed by atoms with E-state index in [4.69, 9.17) is 14.9 Å². The van der Waals surface area contributed by atoms with Gasteiger partial charge in [-0.3, -0.25) is 14.7 Å². The third-order valence-electron chi connectivity index (χ3n) is 1.81. The standard InChI is InChI=1S/C7H8NO7P/c9-6-2-1-4(3-5(6)8(11)12)7(10)16(13,14)15/h1-3,7,9-10H,(H2,13,14,15). The second-order valence-electron chi connectivity index (χ2n) is 2.97. The first kappa shape index (κ1) is 12.6. The molecule has 0 aliphatic heterocycles. The Bertz CT molecular complexity index is 468. The highest BCUT2D eigenvalue weighted by Gasteiger charge is 2.29. The van der Waals surface area contributed by atoms with Gasteiger partial charge >= 0.3 is 13.3 Å². The number of benzene rings is 1. The molecule has 0 aliphatic rings. The molecule has 0 bridgehead atoms. The van der Waals surface area contributed by atoms with Crippen molar-refractivity contribution < 1.29 is 29.5 Å². The number of rotatable bonds is 3. The Labute approximate surface area is 89.1 Å². The van der Waals surface area contributed by atoms with Gasteiger partial charge in [-0.15, -0.1) is 0 Å². The zero-order valence-corrected chi connectivity index (χ0v) is 8.61. The predicted molar refractivity (Wildman–Crippen MR) is 51.8 cm³/mol. The van der Waals surface area contributed by atoms with Crippen molar-refractivity contribution in [3.05, 3.63) is 33.9 Å². The van der Waals surface area contributed by atoms with Gasteiger partial charge in [-0.2, -0.15) is 0 Å². The van der Waals surface area contributed by atoms with Crippen molar-refractivity contribution in [3.63, 3.8) is 0 Å². The van der Waals surface area contributed by atoms with Crippen LogP contribution in [0.2, 0.25) is 0 Å². The van der Waals surface area contributed by atoms with E-state index in [-0.39, 0.29) is 5.56 Å². The average molecular weight is 249 g/mol. The number of phenols is 1. The summed E-state index contributed by atoms with van der Waals surface area (Å²) >= 11 is 0. The molecule has 88 valence electrons. The lowest BCUT2D eigenvalue weighted by Gasteiger charge is -2.12. The van der Waals surface area contributed by atoms with Gasteiger partial charge in [-0.25, -0.2) is 0 Å². The van der Waals surface area contributed by atoms with Crippen molar-refractivity contribution in [1.82, 2.24) is 0 Å². The lowest BCUT2D eigenvalue weighted by Crippen LogP contribution is -1.99. The number of aliphatic hydroxyl groups is 1. The number of nitro benzene ring substituents is 1. The van der Waals surface area contributed by atoms with E-state index in [2.05, 4.69) is 0 Å². The summed E-state index contributed by atoms with van der Waals surface area (Å²) < 4.78 is 10.7. The number of aliphatic hydroxyl groups excluding tert-OH is 1. The number of aromatic hydroxyl groups is 1. The van der Waals surface area contributed by atoms with Crippen LogP contribution in [0.15, 0.2) is 18.2 Å². The second-order valence-corrected chi connectivity index (χ2v) is 4.64. The maximum absolute atomic E-state index is 10.7. The summed E-state index contributed by atoms with van der Waals surface area (Å²) in [6, 6.07) is 2.58. The summed E-state index contributed by atoms with van der Waals surface area (Å²) in [6.45, 7) is 0. The first-order valence-electron chi connectivity index (χ1n) is 3.94. The molecule has 0 spiro atoms. The molecule has 1 unspecified atom stereocenters. The molecule has 0 heterocycles. The molecule has 1 aromatic carbocycles. The van der Waals surface area contributed by atoms with Gasteiger partial charge in [0.25, 0.3) is 0 Å². The number of nitro groups is 1. The minimum atomic E-state index is -4.79. The number of hydrogen-bond donors (Lipinski definition) is 4. The Morgan fingerprint density at radius 2 is 1.94 bits per heavy atom. The quantitative estimate of drug-likeness (QED) is 0.346. The molecule has 0 aliphatic carbocycles. The monoisotopic (exact) mass is 249 g/mol. The van der Waals surface area contributed by atoms with Crippen LogP contribution in [0.4, 0.5) is 5.69 Å². The summed E-state index contributed by atoms with van der Waals surface area (Å²) in [4.78, 5) is 26.8. The molecule has 4 N–H and O–H groups in total. The molecular weight excluding hydrogens is 241 g/mol. The van der Waals surface area contributed by atoms with Crippen LogP contribution in [0.1, 0.15) is 11.4 Å². The molecule has 9 heteroatoms. The van der Waals surface area contributed by atoms with E-state index in [1.54, 1.807) is 0 Å². The average Bonchev–Trinajstić information content (AvgIpc) is 2.15. The highest BCUT2D eigenvalue weighted by molar-refractivity contribution is 7.51. The molecule has 1 atom stereocenters. The van der Waals surface area contributed by atoms with Gasteiger partial charge in [0.2, 0.25) is 0 Å². The summed E-state index contributed by atoms with van der Waals surface area (Å²) in [5.74, 6) is -2.79. The van der Waals surface area contributed by atoms with Gasteiger partial charge in [-0.05, 0) is 11.6 Å². The van der Waals surface area contributed by atoms with E-state index in [0.29, 0.717) is 6.07 Å². The maximum atomic E-state index is 10.7. The Balaban J connectivity index is 3.23. The maximum Gasteiger partial charge on any atom is 0.358 e. The summed E-state index contributed by atoms with van der Waals surface area (Å²) in [5.41, 5.74) is -1.07. The van der Waals surface area contributed by atoms with Crippen molar-refractivity contribution in [2.75, 3.05) is 0 Å². The number of hydrogen-bond acceptors (Lipinski definition) is 5. The van der Waals surface area contributed by atoms with Gasteiger partial charge in [0.05, 0.1) is 4.92 Å². The highest BCUT2D eigenvalue weighted by Crippen LogP contribution is 2.50. The van der Waals surface area contributed by atoms with E-state index in [0.717, 1.165) is 12.1 Å². The third kappa shape index (κ3) is 2.56. The van der Waals surface area contributed by atoms with Gasteiger partial charge in [0, 0.05) is 6.07 Å². The van der Waals surface area contributed by atoms with Gasteiger partial charge in [0.1, 0.15) is 0 Å². The van der Waals surface area contributed by atoms with Crippen LogP contribution in [0.3, 0.4) is 0 Å². The van der Waals surface area contributed by atoms with E-state index in [9.17, 15) is 19.8 Å². The van der Waals surface area contributed by atoms with Crippen molar-refractivity contribution in [3.8, 4) is 5.75 Å². The largest absolute Gasteiger partial charge is 0.502 e. The van der Waals surface area contributed by atoms with Crippen LogP contribution < -0.4 is 0 Å². The van der Waals surface area contributed by atoms with Crippen LogP contribution in [0.25, 0.3) is 0 Å². The van der Waals surface area contributed by atoms with E-state index in [1.807, 2.05) is 0 Å². The highest BCUT2D eigenvalue weighted by atomic mass is 31.2. The molecule has 0 fully saturated rings. The Hall–Kier alpha value is -1.47. The van der Waals surface area contributed by atoms with Crippen molar-refractivity contribution in [2.24, 2.45) is 0 Å². The summed E-state index contributed by atoms with van der Waals surface area (Å²) in [5, 5.41) is 28.7. The molecule has 0 saturated heterocycles. The Morgan fingerprint density at radius 3 is 2.38 bits per heavy atom. The molecule has 8 nitrogen and oxygen atoms in total. The van der Waals surface area contributed by atoms with Gasteiger partial charge < -0.3 is 20.0 Å². The smallest absolute Gasteiger partial charge is 0.358 e. The predicted octanol–water partition coefficient (Wildman–Crippen LogP) is 0.469. The molecular formula is C7H8NO7P. The first-order valence-corrected chi connectivity index (χ1v) is 5.62. The minimum absolute atomic E-state index is 0.335.